The summed E-state index contributed by atoms with van der Waals surface area (Å²) < 4.78 is 23.7. The van der Waals surface area contributed by atoms with Crippen molar-refractivity contribution in [2.45, 2.75) is 31.4 Å². The summed E-state index contributed by atoms with van der Waals surface area (Å²) in [5.74, 6) is 0.853. The first-order valence-corrected chi connectivity index (χ1v) is 9.21. The molecule has 3 heterocycles. The van der Waals surface area contributed by atoms with Gasteiger partial charge in [-0.05, 0) is 24.8 Å². The molecule has 0 spiro atoms. The number of sulfone groups is 1. The zero-order valence-electron chi connectivity index (χ0n) is 12.3. The third-order valence-electron chi connectivity index (χ3n) is 4.20. The number of nitrogens with one attached hydrogen (secondary N) is 1. The van der Waals surface area contributed by atoms with E-state index < -0.39 is 9.84 Å². The van der Waals surface area contributed by atoms with Crippen LogP contribution in [-0.2, 0) is 16.3 Å². The van der Waals surface area contributed by atoms with Crippen LogP contribution in [-0.4, -0.2) is 48.0 Å². The molecule has 0 aromatic carbocycles. The minimum absolute atomic E-state index is 0.305. The second-order valence-electron chi connectivity index (χ2n) is 5.63. The molecule has 0 unspecified atom stereocenters. The molecule has 1 saturated heterocycles. The molecule has 0 bridgehead atoms. The third kappa shape index (κ3) is 2.62. The van der Waals surface area contributed by atoms with Gasteiger partial charge in [0.2, 0.25) is 0 Å². The molecular formula is C14H20N4O2S. The molecule has 3 rings (SSSR count). The third-order valence-corrected chi connectivity index (χ3v) is 5.79. The zero-order chi connectivity index (χ0) is 15.0. The van der Waals surface area contributed by atoms with Crippen LogP contribution in [0.5, 0.6) is 0 Å². The van der Waals surface area contributed by atoms with E-state index in [2.05, 4.69) is 26.8 Å². The molecule has 2 aromatic rings. The Morgan fingerprint density at radius 3 is 2.95 bits per heavy atom. The molecule has 114 valence electrons. The van der Waals surface area contributed by atoms with Gasteiger partial charge >= 0.3 is 0 Å². The standard InChI is InChI=1S/C14H20N4O2S/c1-3-10-7-15-13-12(10)14(17-9-16-13)18-6-4-5-11(8-18)21(2,19)20/h7,9,11H,3-6,8H2,1-2H3,(H,15,16,17)/t11-/m1/s1. The van der Waals surface area contributed by atoms with Crippen LogP contribution in [0.2, 0.25) is 0 Å². The molecule has 1 fully saturated rings. The van der Waals surface area contributed by atoms with E-state index in [1.807, 2.05) is 6.20 Å². The lowest BCUT2D eigenvalue weighted by molar-refractivity contribution is 0.534. The summed E-state index contributed by atoms with van der Waals surface area (Å²) in [6, 6.07) is 0. The second kappa shape index (κ2) is 5.29. The average Bonchev–Trinajstić information content (AvgIpc) is 2.89. The van der Waals surface area contributed by atoms with E-state index in [9.17, 15) is 8.42 Å². The minimum Gasteiger partial charge on any atom is -0.355 e. The van der Waals surface area contributed by atoms with E-state index >= 15 is 0 Å². The zero-order valence-corrected chi connectivity index (χ0v) is 13.2. The molecular weight excluding hydrogens is 288 g/mol. The van der Waals surface area contributed by atoms with Crippen LogP contribution >= 0.6 is 0 Å². The van der Waals surface area contributed by atoms with E-state index in [1.165, 1.54) is 18.1 Å². The Hall–Kier alpha value is -1.63. The highest BCUT2D eigenvalue weighted by atomic mass is 32.2. The number of H-pyrrole nitrogens is 1. The fourth-order valence-electron chi connectivity index (χ4n) is 3.01. The Labute approximate surface area is 124 Å². The molecule has 1 atom stereocenters. The van der Waals surface area contributed by atoms with Gasteiger partial charge in [0.1, 0.15) is 17.8 Å². The van der Waals surface area contributed by atoms with Crippen molar-refractivity contribution in [3.8, 4) is 0 Å². The summed E-state index contributed by atoms with van der Waals surface area (Å²) in [7, 11) is -3.02. The summed E-state index contributed by atoms with van der Waals surface area (Å²) in [6.45, 7) is 3.45. The molecule has 0 saturated carbocycles. The largest absolute Gasteiger partial charge is 0.355 e. The van der Waals surface area contributed by atoms with Gasteiger partial charge in [-0.1, -0.05) is 6.92 Å². The summed E-state index contributed by atoms with van der Waals surface area (Å²) in [5.41, 5.74) is 1.99. The van der Waals surface area contributed by atoms with Crippen molar-refractivity contribution in [3.63, 3.8) is 0 Å². The van der Waals surface area contributed by atoms with Crippen LogP contribution in [0.1, 0.15) is 25.3 Å². The van der Waals surface area contributed by atoms with Crippen molar-refractivity contribution in [1.29, 1.82) is 0 Å². The maximum Gasteiger partial charge on any atom is 0.152 e. The quantitative estimate of drug-likeness (QED) is 0.930. The number of aryl methyl sites for hydroxylation is 1. The van der Waals surface area contributed by atoms with Gasteiger partial charge < -0.3 is 9.88 Å². The van der Waals surface area contributed by atoms with Crippen molar-refractivity contribution in [1.82, 2.24) is 15.0 Å². The highest BCUT2D eigenvalue weighted by Crippen LogP contribution is 2.29. The van der Waals surface area contributed by atoms with Gasteiger partial charge in [-0.25, -0.2) is 18.4 Å². The van der Waals surface area contributed by atoms with E-state index in [0.29, 0.717) is 6.54 Å². The second-order valence-corrected chi connectivity index (χ2v) is 7.95. The van der Waals surface area contributed by atoms with Crippen LogP contribution in [0, 0.1) is 0 Å². The lowest BCUT2D eigenvalue weighted by atomic mass is 10.1. The van der Waals surface area contributed by atoms with Crippen molar-refractivity contribution < 1.29 is 8.42 Å². The molecule has 0 radical (unpaired) electrons. The molecule has 6 nitrogen and oxygen atoms in total. The van der Waals surface area contributed by atoms with Crippen LogP contribution in [0.15, 0.2) is 12.5 Å². The van der Waals surface area contributed by atoms with Gasteiger partial charge in [-0.15, -0.1) is 0 Å². The van der Waals surface area contributed by atoms with Crippen molar-refractivity contribution in [3.05, 3.63) is 18.1 Å². The number of aromatic amines is 1. The molecule has 21 heavy (non-hydrogen) atoms. The average molecular weight is 308 g/mol. The number of hydrogen-bond donors (Lipinski definition) is 1. The van der Waals surface area contributed by atoms with E-state index in [0.717, 1.165) is 42.7 Å². The van der Waals surface area contributed by atoms with Crippen molar-refractivity contribution in [2.75, 3.05) is 24.2 Å². The lowest BCUT2D eigenvalue weighted by Gasteiger charge is -2.33. The first kappa shape index (κ1) is 14.3. The molecule has 1 aliphatic rings. The van der Waals surface area contributed by atoms with Crippen LogP contribution in [0.3, 0.4) is 0 Å². The van der Waals surface area contributed by atoms with Gasteiger partial charge in [0.05, 0.1) is 10.6 Å². The number of anilines is 1. The number of hydrogen-bond acceptors (Lipinski definition) is 5. The lowest BCUT2D eigenvalue weighted by Crippen LogP contribution is -2.42. The van der Waals surface area contributed by atoms with Gasteiger partial charge in [0.15, 0.2) is 9.84 Å². The number of aromatic nitrogens is 3. The SMILES string of the molecule is CCc1c[nH]c2ncnc(N3CCC[C@@H](S(C)(=O)=O)C3)c12. The Kier molecular flexibility index (Phi) is 3.61. The monoisotopic (exact) mass is 308 g/mol. The van der Waals surface area contributed by atoms with Gasteiger partial charge in [0.25, 0.3) is 0 Å². The topological polar surface area (TPSA) is 79.0 Å². The molecule has 1 aliphatic heterocycles. The van der Waals surface area contributed by atoms with Crippen LogP contribution in [0.25, 0.3) is 11.0 Å². The maximum atomic E-state index is 11.8. The predicted molar refractivity (Wildman–Crippen MR) is 83.3 cm³/mol. The van der Waals surface area contributed by atoms with Gasteiger partial charge in [-0.3, -0.25) is 0 Å². The Morgan fingerprint density at radius 2 is 2.24 bits per heavy atom. The summed E-state index contributed by atoms with van der Waals surface area (Å²) in [5, 5.41) is 0.717. The smallest absolute Gasteiger partial charge is 0.152 e. The normalized spacial score (nSPS) is 20.1. The Morgan fingerprint density at radius 1 is 1.43 bits per heavy atom. The summed E-state index contributed by atoms with van der Waals surface area (Å²) in [4.78, 5) is 13.9. The Bertz CT molecular complexity index is 753. The van der Waals surface area contributed by atoms with Gasteiger partial charge in [0, 0.05) is 25.5 Å². The van der Waals surface area contributed by atoms with E-state index in [-0.39, 0.29) is 5.25 Å². The number of fused-ring (bicyclic) bond motifs is 1. The maximum absolute atomic E-state index is 11.8. The first-order valence-electron chi connectivity index (χ1n) is 7.25. The fourth-order valence-corrected chi connectivity index (χ4v) is 4.05. The van der Waals surface area contributed by atoms with Crippen molar-refractivity contribution in [2.24, 2.45) is 0 Å². The summed E-state index contributed by atoms with van der Waals surface area (Å²) >= 11 is 0. The molecule has 7 heteroatoms. The molecule has 1 N–H and O–H groups in total. The predicted octanol–water partition coefficient (Wildman–Crippen LogP) is 1.53. The number of rotatable bonds is 3. The van der Waals surface area contributed by atoms with Gasteiger partial charge in [-0.2, -0.15) is 0 Å². The van der Waals surface area contributed by atoms with Crippen LogP contribution in [0.4, 0.5) is 5.82 Å². The number of nitrogens with zero attached hydrogens (tertiary/aromatic N) is 3. The Balaban J connectivity index is 2.02. The summed E-state index contributed by atoms with van der Waals surface area (Å²) in [6.07, 6.45) is 7.32. The highest BCUT2D eigenvalue weighted by molar-refractivity contribution is 7.91. The van der Waals surface area contributed by atoms with Crippen molar-refractivity contribution >= 4 is 26.7 Å². The minimum atomic E-state index is -3.02. The highest BCUT2D eigenvalue weighted by Gasteiger charge is 2.29. The van der Waals surface area contributed by atoms with Crippen LogP contribution < -0.4 is 4.90 Å². The molecule has 0 aliphatic carbocycles. The first-order chi connectivity index (χ1) is 10.0. The van der Waals surface area contributed by atoms with E-state index in [1.54, 1.807) is 0 Å². The van der Waals surface area contributed by atoms with E-state index in [4.69, 9.17) is 0 Å². The fraction of sp³-hybridized carbons (Fsp3) is 0.571. The molecule has 2 aromatic heterocycles. The molecule has 0 amide bonds. The number of piperidine rings is 1.